The minimum atomic E-state index is -0.860. The van der Waals surface area contributed by atoms with Crippen LogP contribution in [0, 0.1) is 11.6 Å². The summed E-state index contributed by atoms with van der Waals surface area (Å²) in [6.07, 6.45) is 1.32. The molecule has 0 spiro atoms. The predicted octanol–water partition coefficient (Wildman–Crippen LogP) is 1.16. The van der Waals surface area contributed by atoms with E-state index in [2.05, 4.69) is 10.1 Å². The number of aliphatic hydroxyl groups excluding tert-OH is 1. The monoisotopic (exact) mass is 255 g/mol. The van der Waals surface area contributed by atoms with E-state index in [0.717, 1.165) is 12.1 Å². The molecule has 1 aromatic heterocycles. The van der Waals surface area contributed by atoms with Crippen LogP contribution in [0.3, 0.4) is 0 Å². The van der Waals surface area contributed by atoms with Gasteiger partial charge in [-0.1, -0.05) is 0 Å². The Hall–Kier alpha value is -2.02. The predicted molar refractivity (Wildman–Crippen MR) is 57.6 cm³/mol. The van der Waals surface area contributed by atoms with Crippen molar-refractivity contribution in [3.63, 3.8) is 0 Å². The van der Waals surface area contributed by atoms with Crippen LogP contribution in [-0.4, -0.2) is 19.9 Å². The van der Waals surface area contributed by atoms with Gasteiger partial charge in [0.1, 0.15) is 12.9 Å². The SMILES string of the molecule is Cn1ncnc1COc1c(F)cc(CO)cc1F. The number of aryl methyl sites for hydroxylation is 1. The van der Waals surface area contributed by atoms with Crippen molar-refractivity contribution in [2.75, 3.05) is 0 Å². The Morgan fingerprint density at radius 2 is 2.00 bits per heavy atom. The van der Waals surface area contributed by atoms with Crippen molar-refractivity contribution in [2.45, 2.75) is 13.2 Å². The van der Waals surface area contributed by atoms with Gasteiger partial charge in [-0.25, -0.2) is 13.8 Å². The van der Waals surface area contributed by atoms with Crippen LogP contribution in [0.2, 0.25) is 0 Å². The van der Waals surface area contributed by atoms with Crippen molar-refractivity contribution in [3.8, 4) is 5.75 Å². The molecule has 2 rings (SSSR count). The summed E-state index contributed by atoms with van der Waals surface area (Å²) in [7, 11) is 1.65. The van der Waals surface area contributed by atoms with Crippen molar-refractivity contribution in [1.29, 1.82) is 0 Å². The minimum Gasteiger partial charge on any atom is -0.479 e. The fourth-order valence-electron chi connectivity index (χ4n) is 1.43. The summed E-state index contributed by atoms with van der Waals surface area (Å²) >= 11 is 0. The van der Waals surface area contributed by atoms with Gasteiger partial charge in [0.2, 0.25) is 0 Å². The Morgan fingerprint density at radius 1 is 1.33 bits per heavy atom. The molecule has 0 fully saturated rings. The van der Waals surface area contributed by atoms with Crippen molar-refractivity contribution >= 4 is 0 Å². The molecule has 96 valence electrons. The largest absolute Gasteiger partial charge is 0.479 e. The highest BCUT2D eigenvalue weighted by Gasteiger charge is 2.13. The topological polar surface area (TPSA) is 60.2 Å². The summed E-state index contributed by atoms with van der Waals surface area (Å²) in [5.41, 5.74) is 0.149. The second-order valence-corrected chi connectivity index (χ2v) is 3.64. The molecule has 0 amide bonds. The van der Waals surface area contributed by atoms with E-state index >= 15 is 0 Å². The van der Waals surface area contributed by atoms with Gasteiger partial charge in [0.25, 0.3) is 0 Å². The van der Waals surface area contributed by atoms with Crippen LogP contribution >= 0.6 is 0 Å². The first-order valence-electron chi connectivity index (χ1n) is 5.16. The number of aliphatic hydroxyl groups is 1. The van der Waals surface area contributed by atoms with Gasteiger partial charge in [0.05, 0.1) is 6.61 Å². The molecule has 0 bridgehead atoms. The molecule has 0 aliphatic carbocycles. The number of ether oxygens (including phenoxy) is 1. The van der Waals surface area contributed by atoms with Gasteiger partial charge in [-0.15, -0.1) is 0 Å². The third-order valence-corrected chi connectivity index (χ3v) is 2.39. The minimum absolute atomic E-state index is 0.0944. The Bertz CT molecular complexity index is 534. The normalized spacial score (nSPS) is 10.7. The molecule has 1 aromatic carbocycles. The van der Waals surface area contributed by atoms with Crippen LogP contribution in [-0.2, 0) is 20.3 Å². The Balaban J connectivity index is 2.17. The first-order chi connectivity index (χ1) is 8.61. The molecule has 0 unspecified atom stereocenters. The molecule has 0 radical (unpaired) electrons. The van der Waals surface area contributed by atoms with Crippen molar-refractivity contribution in [1.82, 2.24) is 14.8 Å². The zero-order valence-electron chi connectivity index (χ0n) is 9.60. The maximum atomic E-state index is 13.5. The zero-order valence-corrected chi connectivity index (χ0v) is 9.60. The number of hydrogen-bond donors (Lipinski definition) is 1. The standard InChI is InChI=1S/C11H11F2N3O2/c1-16-10(14-6-15-16)5-18-11-8(12)2-7(4-17)3-9(11)13/h2-3,6,17H,4-5H2,1H3. The summed E-state index contributed by atoms with van der Waals surface area (Å²) < 4.78 is 33.5. The van der Waals surface area contributed by atoms with E-state index in [9.17, 15) is 8.78 Å². The Morgan fingerprint density at radius 3 is 2.50 bits per heavy atom. The first kappa shape index (κ1) is 12.4. The van der Waals surface area contributed by atoms with Gasteiger partial charge in [0.15, 0.2) is 23.2 Å². The molecule has 1 heterocycles. The number of rotatable bonds is 4. The molecule has 0 saturated heterocycles. The third-order valence-electron chi connectivity index (χ3n) is 2.39. The van der Waals surface area contributed by atoms with Crippen molar-refractivity contribution in [2.24, 2.45) is 7.05 Å². The van der Waals surface area contributed by atoms with Gasteiger partial charge >= 0.3 is 0 Å². The number of halogens is 2. The molecule has 1 N–H and O–H groups in total. The molecule has 7 heteroatoms. The number of benzene rings is 1. The molecule has 18 heavy (non-hydrogen) atoms. The van der Waals surface area contributed by atoms with E-state index < -0.39 is 24.0 Å². The van der Waals surface area contributed by atoms with Crippen molar-refractivity contribution < 1.29 is 18.6 Å². The van der Waals surface area contributed by atoms with Crippen LogP contribution in [0.25, 0.3) is 0 Å². The average Bonchev–Trinajstić information content (AvgIpc) is 2.73. The second-order valence-electron chi connectivity index (χ2n) is 3.64. The van der Waals surface area contributed by atoms with Crippen LogP contribution in [0.4, 0.5) is 8.78 Å². The first-order valence-corrected chi connectivity index (χ1v) is 5.16. The molecule has 0 aliphatic heterocycles. The van der Waals surface area contributed by atoms with E-state index in [1.165, 1.54) is 11.0 Å². The molecule has 0 aliphatic rings. The van der Waals surface area contributed by atoms with Crippen LogP contribution in [0.5, 0.6) is 5.75 Å². The fourth-order valence-corrected chi connectivity index (χ4v) is 1.43. The summed E-state index contributed by atoms with van der Waals surface area (Å²) in [5.74, 6) is -1.77. The summed E-state index contributed by atoms with van der Waals surface area (Å²) in [6, 6.07) is 2.05. The Labute approximate surface area is 102 Å². The van der Waals surface area contributed by atoms with E-state index in [-0.39, 0.29) is 12.2 Å². The molecule has 0 atom stereocenters. The van der Waals surface area contributed by atoms with Gasteiger partial charge in [-0.2, -0.15) is 5.10 Å². The number of nitrogens with zero attached hydrogens (tertiary/aromatic N) is 3. The number of aromatic nitrogens is 3. The van der Waals surface area contributed by atoms with Gasteiger partial charge in [0, 0.05) is 7.05 Å². The van der Waals surface area contributed by atoms with Crippen LogP contribution in [0.15, 0.2) is 18.5 Å². The van der Waals surface area contributed by atoms with Gasteiger partial charge in [-0.3, -0.25) is 4.68 Å². The summed E-state index contributed by atoms with van der Waals surface area (Å²) in [5, 5.41) is 12.6. The van der Waals surface area contributed by atoms with Crippen LogP contribution < -0.4 is 4.74 Å². The molecular weight excluding hydrogens is 244 g/mol. The highest BCUT2D eigenvalue weighted by Crippen LogP contribution is 2.24. The third kappa shape index (κ3) is 2.45. The highest BCUT2D eigenvalue weighted by atomic mass is 19.1. The average molecular weight is 255 g/mol. The Kier molecular flexibility index (Phi) is 3.52. The van der Waals surface area contributed by atoms with E-state index in [0.29, 0.717) is 5.82 Å². The number of hydrogen-bond acceptors (Lipinski definition) is 4. The summed E-state index contributed by atoms with van der Waals surface area (Å²) in [6.45, 7) is -0.528. The maximum absolute atomic E-state index is 13.5. The smallest absolute Gasteiger partial charge is 0.191 e. The van der Waals surface area contributed by atoms with Crippen molar-refractivity contribution in [3.05, 3.63) is 41.5 Å². The lowest BCUT2D eigenvalue weighted by Gasteiger charge is -2.09. The lowest BCUT2D eigenvalue weighted by atomic mass is 10.2. The molecule has 2 aromatic rings. The summed E-state index contributed by atoms with van der Waals surface area (Å²) in [4.78, 5) is 3.87. The van der Waals surface area contributed by atoms with Gasteiger partial charge < -0.3 is 9.84 Å². The quantitative estimate of drug-likeness (QED) is 0.890. The van der Waals surface area contributed by atoms with Crippen LogP contribution in [0.1, 0.15) is 11.4 Å². The van der Waals surface area contributed by atoms with E-state index in [4.69, 9.17) is 9.84 Å². The second kappa shape index (κ2) is 5.09. The van der Waals surface area contributed by atoms with E-state index in [1.54, 1.807) is 7.05 Å². The lowest BCUT2D eigenvalue weighted by Crippen LogP contribution is -2.06. The fraction of sp³-hybridized carbons (Fsp3) is 0.273. The maximum Gasteiger partial charge on any atom is 0.191 e. The zero-order chi connectivity index (χ0) is 13.1. The molecule has 0 saturated carbocycles. The molecule has 5 nitrogen and oxygen atoms in total. The molecular formula is C11H11F2N3O2. The van der Waals surface area contributed by atoms with E-state index in [1.807, 2.05) is 0 Å². The lowest BCUT2D eigenvalue weighted by molar-refractivity contribution is 0.257. The highest BCUT2D eigenvalue weighted by molar-refractivity contribution is 5.31. The van der Waals surface area contributed by atoms with Gasteiger partial charge in [-0.05, 0) is 17.7 Å².